The summed E-state index contributed by atoms with van der Waals surface area (Å²) in [6, 6.07) is 18.8. The van der Waals surface area contributed by atoms with E-state index in [9.17, 15) is 0 Å². The Kier molecular flexibility index (Phi) is 5.35. The quantitative estimate of drug-likeness (QED) is 0.525. The molecular formula is C23H25N5. The Labute approximate surface area is 165 Å². The largest absolute Gasteiger partial charge is 0.308 e. The lowest BCUT2D eigenvalue weighted by molar-refractivity contribution is 0.655. The van der Waals surface area contributed by atoms with Gasteiger partial charge in [-0.25, -0.2) is 4.68 Å². The summed E-state index contributed by atoms with van der Waals surface area (Å²) in [6.45, 7) is 6.60. The van der Waals surface area contributed by atoms with Crippen LogP contribution in [0.25, 0.3) is 16.9 Å². The third-order valence-corrected chi connectivity index (χ3v) is 4.79. The van der Waals surface area contributed by atoms with Crippen LogP contribution in [-0.2, 0) is 19.6 Å². The standard InChI is InChI=1S/C23H25N5/c1-3-27-16-19(14-25-27)13-24-15-21-17-28(22-11-9-18(2)10-12-22)26-23(21)20-7-5-4-6-8-20/h4-12,14,16-17,24H,3,13,15H2,1-2H3. The van der Waals surface area contributed by atoms with Gasteiger partial charge < -0.3 is 5.32 Å². The molecule has 0 aliphatic rings. The summed E-state index contributed by atoms with van der Waals surface area (Å²) in [5.74, 6) is 0. The average molecular weight is 371 g/mol. The van der Waals surface area contributed by atoms with E-state index in [-0.39, 0.29) is 0 Å². The number of rotatable bonds is 7. The van der Waals surface area contributed by atoms with Crippen LogP contribution in [0, 0.1) is 6.92 Å². The predicted molar refractivity (Wildman–Crippen MR) is 112 cm³/mol. The SMILES string of the molecule is CCn1cc(CNCc2cn(-c3ccc(C)cc3)nc2-c2ccccc2)cn1. The molecule has 2 heterocycles. The topological polar surface area (TPSA) is 47.7 Å². The van der Waals surface area contributed by atoms with Crippen LogP contribution in [0.2, 0.25) is 0 Å². The van der Waals surface area contributed by atoms with E-state index in [4.69, 9.17) is 5.10 Å². The molecule has 0 bridgehead atoms. The van der Waals surface area contributed by atoms with Gasteiger partial charge in [0.2, 0.25) is 0 Å². The molecule has 0 fully saturated rings. The smallest absolute Gasteiger partial charge is 0.0972 e. The molecule has 2 aromatic carbocycles. The number of nitrogens with one attached hydrogen (secondary N) is 1. The van der Waals surface area contributed by atoms with Gasteiger partial charge in [-0.05, 0) is 26.0 Å². The Morgan fingerprint density at radius 1 is 0.929 bits per heavy atom. The Balaban J connectivity index is 1.58. The molecule has 2 aromatic heterocycles. The van der Waals surface area contributed by atoms with E-state index in [1.54, 1.807) is 0 Å². The number of nitrogens with zero attached hydrogens (tertiary/aromatic N) is 4. The van der Waals surface area contributed by atoms with Crippen LogP contribution in [0.4, 0.5) is 0 Å². The molecule has 0 amide bonds. The van der Waals surface area contributed by atoms with Crippen molar-refractivity contribution in [1.82, 2.24) is 24.9 Å². The van der Waals surface area contributed by atoms with Gasteiger partial charge in [0.1, 0.15) is 0 Å². The zero-order valence-electron chi connectivity index (χ0n) is 16.3. The Bertz CT molecular complexity index is 1030. The lowest BCUT2D eigenvalue weighted by Crippen LogP contribution is -2.12. The van der Waals surface area contributed by atoms with Crippen molar-refractivity contribution < 1.29 is 0 Å². The Morgan fingerprint density at radius 3 is 2.43 bits per heavy atom. The molecule has 28 heavy (non-hydrogen) atoms. The van der Waals surface area contributed by atoms with Crippen LogP contribution >= 0.6 is 0 Å². The van der Waals surface area contributed by atoms with Gasteiger partial charge in [0.05, 0.1) is 17.6 Å². The molecule has 0 atom stereocenters. The third-order valence-electron chi connectivity index (χ3n) is 4.79. The summed E-state index contributed by atoms with van der Waals surface area (Å²) < 4.78 is 3.91. The van der Waals surface area contributed by atoms with Gasteiger partial charge in [0, 0.05) is 48.7 Å². The minimum Gasteiger partial charge on any atom is -0.308 e. The van der Waals surface area contributed by atoms with Crippen LogP contribution in [-0.4, -0.2) is 19.6 Å². The van der Waals surface area contributed by atoms with E-state index in [0.29, 0.717) is 0 Å². The zero-order chi connectivity index (χ0) is 19.3. The minimum absolute atomic E-state index is 0.743. The maximum atomic E-state index is 4.88. The highest BCUT2D eigenvalue weighted by Gasteiger charge is 2.12. The molecular weight excluding hydrogens is 346 g/mol. The fourth-order valence-electron chi connectivity index (χ4n) is 3.22. The molecule has 4 aromatic rings. The molecule has 5 nitrogen and oxygen atoms in total. The second kappa shape index (κ2) is 8.23. The van der Waals surface area contributed by atoms with Gasteiger partial charge in [-0.2, -0.15) is 10.2 Å². The first kappa shape index (κ1) is 18.2. The summed E-state index contributed by atoms with van der Waals surface area (Å²) in [4.78, 5) is 0. The molecule has 0 spiro atoms. The number of aryl methyl sites for hydroxylation is 2. The third kappa shape index (κ3) is 4.05. The van der Waals surface area contributed by atoms with Crippen molar-refractivity contribution >= 4 is 0 Å². The van der Waals surface area contributed by atoms with E-state index in [0.717, 1.165) is 36.6 Å². The number of hydrogen-bond donors (Lipinski definition) is 1. The summed E-state index contributed by atoms with van der Waals surface area (Å²) in [5, 5.41) is 12.8. The van der Waals surface area contributed by atoms with Crippen molar-refractivity contribution in [3.05, 3.63) is 89.9 Å². The highest BCUT2D eigenvalue weighted by molar-refractivity contribution is 5.63. The zero-order valence-corrected chi connectivity index (χ0v) is 16.3. The molecule has 0 saturated carbocycles. The molecule has 4 rings (SSSR count). The first-order valence-corrected chi connectivity index (χ1v) is 9.66. The average Bonchev–Trinajstić information content (AvgIpc) is 3.36. The lowest BCUT2D eigenvalue weighted by Gasteiger charge is -2.04. The number of benzene rings is 2. The molecule has 0 radical (unpaired) electrons. The maximum absolute atomic E-state index is 4.88. The minimum atomic E-state index is 0.743. The van der Waals surface area contributed by atoms with E-state index < -0.39 is 0 Å². The highest BCUT2D eigenvalue weighted by atomic mass is 15.3. The van der Waals surface area contributed by atoms with Gasteiger partial charge in [-0.3, -0.25) is 4.68 Å². The molecule has 1 N–H and O–H groups in total. The van der Waals surface area contributed by atoms with Gasteiger partial charge in [-0.15, -0.1) is 0 Å². The second-order valence-electron chi connectivity index (χ2n) is 6.96. The van der Waals surface area contributed by atoms with Crippen molar-refractivity contribution in [1.29, 1.82) is 0 Å². The first-order valence-electron chi connectivity index (χ1n) is 9.66. The van der Waals surface area contributed by atoms with Crippen LogP contribution in [0.1, 0.15) is 23.6 Å². The summed E-state index contributed by atoms with van der Waals surface area (Å²) in [5.41, 5.74) is 6.82. The molecule has 0 aliphatic carbocycles. The van der Waals surface area contributed by atoms with Crippen molar-refractivity contribution in [2.45, 2.75) is 33.5 Å². The van der Waals surface area contributed by atoms with E-state index in [1.165, 1.54) is 16.7 Å². The van der Waals surface area contributed by atoms with Gasteiger partial charge in [0.25, 0.3) is 0 Å². The van der Waals surface area contributed by atoms with E-state index in [2.05, 4.69) is 85.2 Å². The molecule has 0 saturated heterocycles. The normalized spacial score (nSPS) is 11.1. The van der Waals surface area contributed by atoms with Crippen LogP contribution in [0.5, 0.6) is 0 Å². The summed E-state index contributed by atoms with van der Waals surface area (Å²) >= 11 is 0. The van der Waals surface area contributed by atoms with Crippen molar-refractivity contribution in [2.24, 2.45) is 0 Å². The van der Waals surface area contributed by atoms with E-state index in [1.807, 2.05) is 21.6 Å². The number of aromatic nitrogens is 4. The molecule has 142 valence electrons. The van der Waals surface area contributed by atoms with Gasteiger partial charge >= 0.3 is 0 Å². The summed E-state index contributed by atoms with van der Waals surface area (Å²) in [6.07, 6.45) is 6.13. The highest BCUT2D eigenvalue weighted by Crippen LogP contribution is 2.23. The monoisotopic (exact) mass is 371 g/mol. The maximum Gasteiger partial charge on any atom is 0.0972 e. The fourth-order valence-corrected chi connectivity index (χ4v) is 3.22. The first-order chi connectivity index (χ1) is 13.7. The van der Waals surface area contributed by atoms with Gasteiger partial charge in [-0.1, -0.05) is 48.0 Å². The molecule has 0 unspecified atom stereocenters. The van der Waals surface area contributed by atoms with E-state index >= 15 is 0 Å². The molecule has 0 aliphatic heterocycles. The van der Waals surface area contributed by atoms with Crippen molar-refractivity contribution in [2.75, 3.05) is 0 Å². The Hall–Kier alpha value is -3.18. The second-order valence-corrected chi connectivity index (χ2v) is 6.96. The van der Waals surface area contributed by atoms with Crippen LogP contribution in [0.3, 0.4) is 0 Å². The predicted octanol–water partition coefficient (Wildman–Crippen LogP) is 4.35. The Morgan fingerprint density at radius 2 is 1.71 bits per heavy atom. The lowest BCUT2D eigenvalue weighted by atomic mass is 10.1. The number of hydrogen-bond acceptors (Lipinski definition) is 3. The summed E-state index contributed by atoms with van der Waals surface area (Å²) in [7, 11) is 0. The van der Waals surface area contributed by atoms with Gasteiger partial charge in [0.15, 0.2) is 0 Å². The molecule has 5 heteroatoms. The van der Waals surface area contributed by atoms with Crippen LogP contribution < -0.4 is 5.32 Å². The fraction of sp³-hybridized carbons (Fsp3) is 0.217. The van der Waals surface area contributed by atoms with Crippen LogP contribution in [0.15, 0.2) is 73.2 Å². The van der Waals surface area contributed by atoms with Crippen molar-refractivity contribution in [3.63, 3.8) is 0 Å². The van der Waals surface area contributed by atoms with Crippen molar-refractivity contribution in [3.8, 4) is 16.9 Å².